The molecule has 0 aliphatic carbocycles. The zero-order valence-corrected chi connectivity index (χ0v) is 21.3. The van der Waals surface area contributed by atoms with Crippen LogP contribution in [-0.2, 0) is 10.0 Å². The summed E-state index contributed by atoms with van der Waals surface area (Å²) in [7, 11) is -1.22. The molecule has 3 heterocycles. The van der Waals surface area contributed by atoms with E-state index in [2.05, 4.69) is 19.9 Å². The number of rotatable bonds is 9. The number of pyridine rings is 1. The van der Waals surface area contributed by atoms with E-state index in [-0.39, 0.29) is 17.5 Å². The van der Waals surface area contributed by atoms with Crippen molar-refractivity contribution in [2.24, 2.45) is 0 Å². The van der Waals surface area contributed by atoms with Crippen molar-refractivity contribution in [3.63, 3.8) is 0 Å². The van der Waals surface area contributed by atoms with Gasteiger partial charge in [-0.2, -0.15) is 0 Å². The molecule has 36 heavy (non-hydrogen) atoms. The highest BCUT2D eigenvalue weighted by Gasteiger charge is 2.33. The molecule has 0 saturated heterocycles. The van der Waals surface area contributed by atoms with E-state index in [4.69, 9.17) is 13.9 Å². The maximum atomic E-state index is 13.4. The zero-order valence-electron chi connectivity index (χ0n) is 20.5. The predicted octanol–water partition coefficient (Wildman–Crippen LogP) is 3.42. The fourth-order valence-corrected chi connectivity index (χ4v) is 4.66. The first-order valence-corrected chi connectivity index (χ1v) is 12.6. The van der Waals surface area contributed by atoms with Crippen LogP contribution in [-0.4, -0.2) is 52.7 Å². The third-order valence-electron chi connectivity index (χ3n) is 5.65. The van der Waals surface area contributed by atoms with Gasteiger partial charge in [0.2, 0.25) is 21.8 Å². The van der Waals surface area contributed by atoms with Crippen molar-refractivity contribution in [3.05, 3.63) is 65.7 Å². The number of nitrogens with zero attached hydrogens (tertiary/aromatic N) is 4. The topological polar surface area (TPSA) is 142 Å². The summed E-state index contributed by atoms with van der Waals surface area (Å²) in [5, 5.41) is 17.8. The van der Waals surface area contributed by atoms with Gasteiger partial charge < -0.3 is 19.0 Å². The molecule has 12 heteroatoms. The van der Waals surface area contributed by atoms with Crippen molar-refractivity contribution in [2.45, 2.75) is 32.1 Å². The Balaban J connectivity index is 1.81. The van der Waals surface area contributed by atoms with Crippen molar-refractivity contribution in [1.82, 2.24) is 19.7 Å². The summed E-state index contributed by atoms with van der Waals surface area (Å²) in [5.74, 6) is 1.84. The molecule has 0 spiro atoms. The molecule has 0 aliphatic rings. The average molecular weight is 514 g/mol. The Bertz CT molecular complexity index is 1440. The van der Waals surface area contributed by atoms with Gasteiger partial charge in [-0.25, -0.2) is 8.42 Å². The molecule has 0 amide bonds. The second-order valence-corrected chi connectivity index (χ2v) is 10.2. The van der Waals surface area contributed by atoms with Crippen LogP contribution in [0.15, 0.2) is 53.1 Å². The number of methoxy groups -OCH3 is 2. The second-order valence-electron chi connectivity index (χ2n) is 8.16. The molecule has 2 N–H and O–H groups in total. The van der Waals surface area contributed by atoms with Crippen LogP contribution < -0.4 is 14.2 Å². The lowest BCUT2D eigenvalue weighted by Crippen LogP contribution is -2.32. The summed E-state index contributed by atoms with van der Waals surface area (Å²) in [6.45, 7) is 5.01. The standard InChI is InChI=1S/C24H27N5O6S/c1-14-9-11-17(25-13-14)22(30)16(3)36(31,32)28-24-27-26-23(20-12-10-15(2)35-20)29(24)21-18(33-4)7-6-8-19(21)34-5/h6-13,16,22,30H,1-5H3,(H,27,28)/t16-,22+/m0/s1. The Labute approximate surface area is 208 Å². The van der Waals surface area contributed by atoms with Gasteiger partial charge in [0.05, 0.1) is 19.9 Å². The van der Waals surface area contributed by atoms with E-state index in [1.165, 1.54) is 25.7 Å². The van der Waals surface area contributed by atoms with E-state index in [0.717, 1.165) is 5.56 Å². The fraction of sp³-hybridized carbons (Fsp3) is 0.292. The number of benzene rings is 1. The van der Waals surface area contributed by atoms with Crippen molar-refractivity contribution in [3.8, 4) is 28.8 Å². The number of para-hydroxylation sites is 1. The Morgan fingerprint density at radius 3 is 2.28 bits per heavy atom. The normalized spacial score (nSPS) is 13.3. The van der Waals surface area contributed by atoms with Crippen LogP contribution in [0.25, 0.3) is 17.3 Å². The number of aliphatic hydroxyl groups is 1. The van der Waals surface area contributed by atoms with Crippen LogP contribution in [0.4, 0.5) is 5.95 Å². The molecule has 2 atom stereocenters. The number of furan rings is 1. The first-order valence-electron chi connectivity index (χ1n) is 11.0. The van der Waals surface area contributed by atoms with Gasteiger partial charge in [-0.15, -0.1) is 10.2 Å². The molecule has 0 aliphatic heterocycles. The van der Waals surface area contributed by atoms with Crippen LogP contribution in [0.2, 0.25) is 0 Å². The van der Waals surface area contributed by atoms with E-state index in [9.17, 15) is 13.5 Å². The first-order chi connectivity index (χ1) is 17.2. The summed E-state index contributed by atoms with van der Waals surface area (Å²) in [4.78, 5) is 4.16. The maximum absolute atomic E-state index is 13.4. The van der Waals surface area contributed by atoms with E-state index in [0.29, 0.717) is 28.7 Å². The molecule has 190 valence electrons. The summed E-state index contributed by atoms with van der Waals surface area (Å²) in [6, 6.07) is 11.9. The Morgan fingerprint density at radius 2 is 1.72 bits per heavy atom. The minimum Gasteiger partial charge on any atom is -0.494 e. The molecule has 3 aromatic heterocycles. The third kappa shape index (κ3) is 4.77. The molecule has 4 aromatic rings. The van der Waals surface area contributed by atoms with Crippen molar-refractivity contribution in [2.75, 3.05) is 18.9 Å². The van der Waals surface area contributed by atoms with Gasteiger partial charge in [0.25, 0.3) is 0 Å². The third-order valence-corrected chi connectivity index (χ3v) is 7.36. The lowest BCUT2D eigenvalue weighted by Gasteiger charge is -2.21. The minimum absolute atomic E-state index is 0.141. The molecular weight excluding hydrogens is 486 g/mol. The summed E-state index contributed by atoms with van der Waals surface area (Å²) < 4.78 is 47.4. The number of sulfonamides is 1. The maximum Gasteiger partial charge on any atom is 0.243 e. The second kappa shape index (κ2) is 9.99. The Kier molecular flexibility index (Phi) is 7.00. The van der Waals surface area contributed by atoms with Gasteiger partial charge in [-0.3, -0.25) is 14.3 Å². The molecule has 11 nitrogen and oxygen atoms in total. The van der Waals surface area contributed by atoms with E-state index < -0.39 is 21.4 Å². The number of aliphatic hydroxyl groups excluding tert-OH is 1. The van der Waals surface area contributed by atoms with E-state index >= 15 is 0 Å². The molecule has 0 bridgehead atoms. The fourth-order valence-electron chi connectivity index (χ4n) is 3.61. The monoisotopic (exact) mass is 513 g/mol. The lowest BCUT2D eigenvalue weighted by molar-refractivity contribution is 0.171. The highest BCUT2D eigenvalue weighted by Crippen LogP contribution is 2.38. The smallest absolute Gasteiger partial charge is 0.243 e. The molecule has 1 aromatic carbocycles. The summed E-state index contributed by atoms with van der Waals surface area (Å²) >= 11 is 0. The molecule has 0 saturated carbocycles. The quantitative estimate of drug-likeness (QED) is 0.344. The van der Waals surface area contributed by atoms with Gasteiger partial charge in [0.1, 0.15) is 34.3 Å². The SMILES string of the molecule is COc1cccc(OC)c1-n1c(NS(=O)(=O)[C@@H](C)[C@@H](O)c2ccc(C)cn2)nnc1-c1ccc(C)o1. The highest BCUT2D eigenvalue weighted by molar-refractivity contribution is 7.93. The largest absolute Gasteiger partial charge is 0.494 e. The van der Waals surface area contributed by atoms with E-state index in [1.54, 1.807) is 55.6 Å². The van der Waals surface area contributed by atoms with Crippen LogP contribution >= 0.6 is 0 Å². The number of hydrogen-bond donors (Lipinski definition) is 2. The number of aromatic nitrogens is 4. The number of ether oxygens (including phenoxy) is 2. The lowest BCUT2D eigenvalue weighted by atomic mass is 10.1. The van der Waals surface area contributed by atoms with Gasteiger partial charge >= 0.3 is 0 Å². The zero-order chi connectivity index (χ0) is 26.0. The molecule has 4 rings (SSSR count). The molecule has 0 fully saturated rings. The average Bonchev–Trinajstić information content (AvgIpc) is 3.48. The first kappa shape index (κ1) is 25.2. The van der Waals surface area contributed by atoms with Crippen molar-refractivity contribution in [1.29, 1.82) is 0 Å². The Morgan fingerprint density at radius 1 is 1.03 bits per heavy atom. The number of aryl methyl sites for hydroxylation is 2. The van der Waals surface area contributed by atoms with Crippen molar-refractivity contribution >= 4 is 16.0 Å². The number of nitrogens with one attached hydrogen (secondary N) is 1. The van der Waals surface area contributed by atoms with Crippen LogP contribution in [0.5, 0.6) is 11.5 Å². The number of anilines is 1. The minimum atomic E-state index is -4.18. The van der Waals surface area contributed by atoms with Gasteiger partial charge in [0, 0.05) is 6.20 Å². The van der Waals surface area contributed by atoms with Crippen molar-refractivity contribution < 1.29 is 27.4 Å². The highest BCUT2D eigenvalue weighted by atomic mass is 32.2. The molecule has 0 unspecified atom stereocenters. The summed E-state index contributed by atoms with van der Waals surface area (Å²) in [6.07, 6.45) is 0.181. The molecule has 0 radical (unpaired) electrons. The van der Waals surface area contributed by atoms with Crippen LogP contribution in [0.1, 0.15) is 30.0 Å². The number of hydrogen-bond acceptors (Lipinski definition) is 9. The molecular formula is C24H27N5O6S. The predicted molar refractivity (Wildman–Crippen MR) is 133 cm³/mol. The Hall–Kier alpha value is -3.90. The van der Waals surface area contributed by atoms with Gasteiger partial charge in [-0.05, 0) is 56.7 Å². The van der Waals surface area contributed by atoms with Crippen LogP contribution in [0.3, 0.4) is 0 Å². The van der Waals surface area contributed by atoms with E-state index in [1.807, 2.05) is 6.92 Å². The summed E-state index contributed by atoms with van der Waals surface area (Å²) in [5.41, 5.74) is 1.49. The van der Waals surface area contributed by atoms with Gasteiger partial charge in [-0.1, -0.05) is 12.1 Å². The van der Waals surface area contributed by atoms with Crippen LogP contribution in [0, 0.1) is 13.8 Å². The van der Waals surface area contributed by atoms with Gasteiger partial charge in [0.15, 0.2) is 5.76 Å².